The van der Waals surface area contributed by atoms with Crippen molar-refractivity contribution in [3.8, 4) is 0 Å². The molecule has 3 aliphatic rings. The van der Waals surface area contributed by atoms with E-state index in [1.807, 2.05) is 32.8 Å². The van der Waals surface area contributed by atoms with Gasteiger partial charge in [-0.05, 0) is 68.0 Å². The molecule has 292 valence electrons. The monoisotopic (exact) mass is 718 g/mol. The molecule has 3 fully saturated rings. The van der Waals surface area contributed by atoms with Crippen molar-refractivity contribution in [1.29, 1.82) is 0 Å². The first-order valence-electron chi connectivity index (χ1n) is 18.3. The summed E-state index contributed by atoms with van der Waals surface area (Å²) in [7, 11) is 3.71. The van der Waals surface area contributed by atoms with Crippen LogP contribution in [0.5, 0.6) is 0 Å². The zero-order valence-electron chi connectivity index (χ0n) is 32.1. The number of rotatable bonds is 6. The molecule has 0 aromatic rings. The van der Waals surface area contributed by atoms with Crippen LogP contribution in [0.2, 0.25) is 0 Å². The fourth-order valence-corrected chi connectivity index (χ4v) is 8.37. The van der Waals surface area contributed by atoms with E-state index in [1.54, 1.807) is 48.5 Å². The van der Waals surface area contributed by atoms with Crippen LogP contribution in [0.25, 0.3) is 0 Å². The zero-order chi connectivity index (χ0) is 38.0. The van der Waals surface area contributed by atoms with Gasteiger partial charge >= 0.3 is 5.97 Å². The molecule has 3 aliphatic heterocycles. The van der Waals surface area contributed by atoms with Crippen LogP contribution in [-0.4, -0.2) is 140 Å². The quantitative estimate of drug-likeness (QED) is 0.133. The number of cyclic esters (lactones) is 1. The Kier molecular flexibility index (Phi) is 14.7. The molecule has 0 radical (unpaired) electrons. The van der Waals surface area contributed by atoms with E-state index in [0.29, 0.717) is 12.8 Å². The van der Waals surface area contributed by atoms with E-state index in [1.165, 1.54) is 6.92 Å². The molecule has 0 unspecified atom stereocenters. The lowest BCUT2D eigenvalue weighted by Crippen LogP contribution is -2.60. The summed E-state index contributed by atoms with van der Waals surface area (Å²) in [5, 5.41) is 70.7. The van der Waals surface area contributed by atoms with Crippen LogP contribution in [0.4, 0.5) is 0 Å². The second-order valence-corrected chi connectivity index (χ2v) is 16.2. The molecule has 0 saturated carbocycles. The molecular formula is C36H66N2O12. The first kappa shape index (κ1) is 42.9. The second-order valence-electron chi connectivity index (χ2n) is 16.2. The van der Waals surface area contributed by atoms with Crippen molar-refractivity contribution in [2.75, 3.05) is 14.1 Å². The Morgan fingerprint density at radius 1 is 0.880 bits per heavy atom. The number of carbonyl (C=O) groups is 1. The molecule has 0 aromatic carbocycles. The first-order valence-corrected chi connectivity index (χ1v) is 18.3. The largest absolute Gasteiger partial charge is 0.462 e. The van der Waals surface area contributed by atoms with Crippen LogP contribution in [0.15, 0.2) is 5.16 Å². The lowest BCUT2D eigenvalue weighted by atomic mass is 9.74. The van der Waals surface area contributed by atoms with E-state index < -0.39 is 102 Å². The minimum Gasteiger partial charge on any atom is -0.462 e. The number of nitrogens with zero attached hydrogens (tertiary/aromatic N) is 2. The molecular weight excluding hydrogens is 652 g/mol. The van der Waals surface area contributed by atoms with Gasteiger partial charge in [0.25, 0.3) is 0 Å². The van der Waals surface area contributed by atoms with Gasteiger partial charge in [-0.1, -0.05) is 39.8 Å². The highest BCUT2D eigenvalue weighted by Gasteiger charge is 2.51. The molecule has 3 rings (SSSR count). The Labute approximate surface area is 298 Å². The van der Waals surface area contributed by atoms with Crippen molar-refractivity contribution in [1.82, 2.24) is 4.90 Å². The lowest BCUT2D eigenvalue weighted by Gasteiger charge is -2.48. The van der Waals surface area contributed by atoms with Gasteiger partial charge in [-0.15, -0.1) is 0 Å². The molecule has 0 amide bonds. The summed E-state index contributed by atoms with van der Waals surface area (Å²) in [6.45, 7) is 17.1. The van der Waals surface area contributed by atoms with E-state index in [-0.39, 0.29) is 30.7 Å². The number of aliphatic hydroxyl groups is 5. The van der Waals surface area contributed by atoms with E-state index in [9.17, 15) is 35.5 Å². The SMILES string of the molecule is CC[C@H]1OC(=O)[C@H](C)[C@@H](O[C@H]2C[C@@](C)(O)[C@@H](O)[C@H](C)O2)[C@H](C)[C@@H](O[C@@H]2O[C@H](C)C[C@H](N(C)C)[C@H]2O)[C@](C)(O)C[C@@H](C)/C(=N\O)[C@H](C)[C@@H](O)[C@H]1C. The molecule has 0 spiro atoms. The molecule has 3 saturated heterocycles. The molecule has 50 heavy (non-hydrogen) atoms. The number of hydrogen-bond donors (Lipinski definition) is 6. The maximum absolute atomic E-state index is 14.0. The molecule has 0 aromatic heterocycles. The van der Waals surface area contributed by atoms with Crippen LogP contribution >= 0.6 is 0 Å². The summed E-state index contributed by atoms with van der Waals surface area (Å²) in [5.74, 6) is -4.15. The van der Waals surface area contributed by atoms with E-state index in [4.69, 9.17) is 23.7 Å². The summed E-state index contributed by atoms with van der Waals surface area (Å²) < 4.78 is 31.4. The summed E-state index contributed by atoms with van der Waals surface area (Å²) in [4.78, 5) is 15.9. The molecule has 0 aliphatic carbocycles. The Morgan fingerprint density at radius 2 is 1.50 bits per heavy atom. The lowest BCUT2D eigenvalue weighted by molar-refractivity contribution is -0.316. The standard InChI is InChI=1S/C36H66N2O12/c1-13-25-19(4)28(39)20(5)27(37-45)17(2)15-36(10,44)32(50-34-29(40)24(38(11)12)14-18(3)46-34)21(6)30(22(7)33(42)48-25)49-26-16-35(9,43)31(41)23(8)47-26/h17-26,28-32,34,39-41,43-45H,13-16H2,1-12H3/b37-27+/t17-,18-,19+,20+,21+,22-,23+,24+,25-,26+,28+,29-,30+,31+,32-,34+,35-,36-/m1/s1. The van der Waals surface area contributed by atoms with Crippen molar-refractivity contribution < 1.29 is 59.2 Å². The topological polar surface area (TPSA) is 200 Å². The highest BCUT2D eigenvalue weighted by molar-refractivity contribution is 5.88. The molecule has 14 heteroatoms. The average molecular weight is 719 g/mol. The maximum Gasteiger partial charge on any atom is 0.311 e. The third kappa shape index (κ3) is 9.55. The Bertz CT molecular complexity index is 1140. The van der Waals surface area contributed by atoms with Crippen LogP contribution < -0.4 is 0 Å². The van der Waals surface area contributed by atoms with Crippen molar-refractivity contribution in [2.24, 2.45) is 34.7 Å². The Morgan fingerprint density at radius 3 is 2.04 bits per heavy atom. The number of oxime groups is 1. The maximum atomic E-state index is 14.0. The predicted octanol–water partition coefficient (Wildman–Crippen LogP) is 2.28. The van der Waals surface area contributed by atoms with Crippen LogP contribution in [-0.2, 0) is 28.5 Å². The first-order chi connectivity index (χ1) is 23.1. The number of esters is 1. The number of carbonyl (C=O) groups excluding carboxylic acids is 1. The minimum absolute atomic E-state index is 0.00292. The van der Waals surface area contributed by atoms with Gasteiger partial charge in [-0.3, -0.25) is 4.79 Å². The van der Waals surface area contributed by atoms with Crippen LogP contribution in [0.1, 0.15) is 94.9 Å². The second kappa shape index (κ2) is 17.1. The van der Waals surface area contributed by atoms with Crippen molar-refractivity contribution in [3.63, 3.8) is 0 Å². The van der Waals surface area contributed by atoms with Crippen LogP contribution in [0, 0.1) is 29.6 Å². The molecule has 14 nitrogen and oxygen atoms in total. The van der Waals surface area contributed by atoms with E-state index >= 15 is 0 Å². The Hall–Kier alpha value is -1.46. The summed E-state index contributed by atoms with van der Waals surface area (Å²) in [6.07, 6.45) is -8.68. The molecule has 6 N–H and O–H groups in total. The molecule has 0 bridgehead atoms. The third-order valence-electron chi connectivity index (χ3n) is 11.5. The fraction of sp³-hybridized carbons (Fsp3) is 0.944. The van der Waals surface area contributed by atoms with E-state index in [0.717, 1.165) is 0 Å². The minimum atomic E-state index is -1.72. The van der Waals surface area contributed by atoms with E-state index in [2.05, 4.69) is 5.16 Å². The predicted molar refractivity (Wildman–Crippen MR) is 184 cm³/mol. The number of hydrogen-bond acceptors (Lipinski definition) is 14. The summed E-state index contributed by atoms with van der Waals surface area (Å²) >= 11 is 0. The van der Waals surface area contributed by atoms with Gasteiger partial charge in [0, 0.05) is 36.1 Å². The van der Waals surface area contributed by atoms with Crippen molar-refractivity contribution >= 4 is 11.7 Å². The van der Waals surface area contributed by atoms with Gasteiger partial charge in [-0.2, -0.15) is 0 Å². The van der Waals surface area contributed by atoms with Gasteiger partial charge in [0.15, 0.2) is 12.6 Å². The average Bonchev–Trinajstić information content (AvgIpc) is 3.02. The molecule has 3 heterocycles. The van der Waals surface area contributed by atoms with Crippen LogP contribution in [0.3, 0.4) is 0 Å². The zero-order valence-corrected chi connectivity index (χ0v) is 32.1. The molecule has 18 atom stereocenters. The van der Waals surface area contributed by atoms with Gasteiger partial charge in [0.1, 0.15) is 18.3 Å². The fourth-order valence-electron chi connectivity index (χ4n) is 8.37. The highest BCUT2D eigenvalue weighted by atomic mass is 16.7. The van der Waals surface area contributed by atoms with Crippen molar-refractivity contribution in [2.45, 2.75) is 174 Å². The third-order valence-corrected chi connectivity index (χ3v) is 11.5. The summed E-state index contributed by atoms with van der Waals surface area (Å²) in [6, 6.07) is -0.309. The smallest absolute Gasteiger partial charge is 0.311 e. The van der Waals surface area contributed by atoms with Gasteiger partial charge < -0.3 is 59.3 Å². The number of likely N-dealkylation sites (N-methyl/N-ethyl adjacent to an activating group) is 1. The highest BCUT2D eigenvalue weighted by Crippen LogP contribution is 2.40. The summed E-state index contributed by atoms with van der Waals surface area (Å²) in [5.41, 5.74) is -3.01. The van der Waals surface area contributed by atoms with Crippen molar-refractivity contribution in [3.05, 3.63) is 0 Å². The number of aliphatic hydroxyl groups excluding tert-OH is 3. The number of ether oxygens (including phenoxy) is 5. The Balaban J connectivity index is 2.17. The van der Waals surface area contributed by atoms with Gasteiger partial charge in [-0.25, -0.2) is 0 Å². The van der Waals surface area contributed by atoms with Gasteiger partial charge in [0.2, 0.25) is 0 Å². The normalized spacial score (nSPS) is 49.8. The van der Waals surface area contributed by atoms with Gasteiger partial charge in [0.05, 0.1) is 53.4 Å².